The molecule has 0 spiro atoms. The van der Waals surface area contributed by atoms with Crippen molar-refractivity contribution in [2.75, 3.05) is 5.32 Å². The van der Waals surface area contributed by atoms with Crippen LogP contribution in [0.5, 0.6) is 0 Å². The molecule has 0 saturated carbocycles. The SMILES string of the molecule is O=c1n(-c2ccccc2)nc2n1CNc1ccccc1-2. The Hall–Kier alpha value is -2.82. The molecular formula is C15H12N4O. The largest absolute Gasteiger partial charge is 0.367 e. The van der Waals surface area contributed by atoms with Gasteiger partial charge in [-0.15, -0.1) is 5.10 Å². The van der Waals surface area contributed by atoms with Crippen molar-refractivity contribution in [3.05, 3.63) is 65.1 Å². The summed E-state index contributed by atoms with van der Waals surface area (Å²) in [6.45, 7) is 0.442. The Bertz CT molecular complexity index is 833. The van der Waals surface area contributed by atoms with Gasteiger partial charge in [0.1, 0.15) is 0 Å². The van der Waals surface area contributed by atoms with Crippen LogP contribution in [-0.4, -0.2) is 14.3 Å². The molecule has 1 aromatic heterocycles. The molecule has 1 aliphatic rings. The number of hydrogen-bond donors (Lipinski definition) is 1. The van der Waals surface area contributed by atoms with Crippen LogP contribution in [0, 0.1) is 0 Å². The molecule has 98 valence electrons. The third-order valence-corrected chi connectivity index (χ3v) is 3.46. The molecule has 0 radical (unpaired) electrons. The minimum Gasteiger partial charge on any atom is -0.367 e. The number of fused-ring (bicyclic) bond motifs is 3. The first-order valence-electron chi connectivity index (χ1n) is 6.43. The van der Waals surface area contributed by atoms with Gasteiger partial charge in [0.05, 0.1) is 12.4 Å². The van der Waals surface area contributed by atoms with Crippen LogP contribution in [0.15, 0.2) is 59.4 Å². The number of benzene rings is 2. The third kappa shape index (κ3) is 1.50. The average Bonchev–Trinajstić information content (AvgIpc) is 2.86. The molecule has 0 bridgehead atoms. The third-order valence-electron chi connectivity index (χ3n) is 3.46. The molecule has 20 heavy (non-hydrogen) atoms. The summed E-state index contributed by atoms with van der Waals surface area (Å²) in [7, 11) is 0. The second-order valence-electron chi connectivity index (χ2n) is 4.66. The highest BCUT2D eigenvalue weighted by molar-refractivity contribution is 5.75. The summed E-state index contributed by atoms with van der Waals surface area (Å²) in [5, 5.41) is 7.72. The van der Waals surface area contributed by atoms with Crippen LogP contribution in [0.3, 0.4) is 0 Å². The van der Waals surface area contributed by atoms with E-state index in [4.69, 9.17) is 0 Å². The van der Waals surface area contributed by atoms with Gasteiger partial charge in [0.25, 0.3) is 0 Å². The summed E-state index contributed by atoms with van der Waals surface area (Å²) in [5.74, 6) is 0.702. The van der Waals surface area contributed by atoms with Gasteiger partial charge >= 0.3 is 5.69 Å². The molecule has 3 aromatic rings. The fourth-order valence-corrected chi connectivity index (χ4v) is 2.47. The van der Waals surface area contributed by atoms with E-state index in [1.54, 1.807) is 4.57 Å². The molecule has 0 saturated heterocycles. The number of hydrogen-bond acceptors (Lipinski definition) is 3. The predicted octanol–water partition coefficient (Wildman–Crippen LogP) is 2.08. The lowest BCUT2D eigenvalue weighted by Crippen LogP contribution is -2.28. The van der Waals surface area contributed by atoms with Gasteiger partial charge in [-0.1, -0.05) is 30.3 Å². The van der Waals surface area contributed by atoms with Crippen molar-refractivity contribution in [1.82, 2.24) is 14.3 Å². The Balaban J connectivity index is 1.97. The average molecular weight is 264 g/mol. The Labute approximate surface area is 115 Å². The Morgan fingerprint density at radius 2 is 1.75 bits per heavy atom. The highest BCUT2D eigenvalue weighted by Gasteiger charge is 2.21. The number of rotatable bonds is 1. The zero-order valence-electron chi connectivity index (χ0n) is 10.7. The van der Waals surface area contributed by atoms with Crippen LogP contribution in [0.25, 0.3) is 17.1 Å². The van der Waals surface area contributed by atoms with Crippen molar-refractivity contribution in [1.29, 1.82) is 0 Å². The fraction of sp³-hybridized carbons (Fsp3) is 0.0667. The van der Waals surface area contributed by atoms with Crippen molar-refractivity contribution in [3.63, 3.8) is 0 Å². The van der Waals surface area contributed by atoms with Gasteiger partial charge in [-0.05, 0) is 24.3 Å². The van der Waals surface area contributed by atoms with E-state index in [0.717, 1.165) is 16.9 Å². The highest BCUT2D eigenvalue weighted by atomic mass is 16.2. The second-order valence-corrected chi connectivity index (χ2v) is 4.66. The van der Waals surface area contributed by atoms with E-state index in [1.807, 2.05) is 54.6 Å². The molecule has 0 unspecified atom stereocenters. The summed E-state index contributed by atoms with van der Waals surface area (Å²) in [5.41, 5.74) is 2.60. The van der Waals surface area contributed by atoms with E-state index in [1.165, 1.54) is 4.68 Å². The minimum absolute atomic E-state index is 0.131. The zero-order chi connectivity index (χ0) is 13.5. The minimum atomic E-state index is -0.131. The van der Waals surface area contributed by atoms with Gasteiger partial charge in [0, 0.05) is 11.3 Å². The number of nitrogens with zero attached hydrogens (tertiary/aromatic N) is 3. The van der Waals surface area contributed by atoms with E-state index in [9.17, 15) is 4.79 Å². The Kier molecular flexibility index (Phi) is 2.26. The number of nitrogens with one attached hydrogen (secondary N) is 1. The van der Waals surface area contributed by atoms with Crippen LogP contribution in [0.2, 0.25) is 0 Å². The standard InChI is InChI=1S/C15H12N4O/c20-15-18-10-16-13-9-5-4-8-12(13)14(18)17-19(15)11-6-2-1-3-7-11/h1-9,16H,10H2. The number of anilines is 1. The van der Waals surface area contributed by atoms with E-state index in [2.05, 4.69) is 10.4 Å². The molecular weight excluding hydrogens is 252 g/mol. The lowest BCUT2D eigenvalue weighted by Gasteiger charge is -2.17. The maximum atomic E-state index is 12.4. The van der Waals surface area contributed by atoms with Gasteiger partial charge < -0.3 is 5.32 Å². The molecule has 0 aliphatic carbocycles. The molecule has 5 heteroatoms. The van der Waals surface area contributed by atoms with E-state index in [0.29, 0.717) is 12.5 Å². The van der Waals surface area contributed by atoms with E-state index < -0.39 is 0 Å². The van der Waals surface area contributed by atoms with Gasteiger partial charge in [0.15, 0.2) is 5.82 Å². The zero-order valence-corrected chi connectivity index (χ0v) is 10.7. The van der Waals surface area contributed by atoms with E-state index >= 15 is 0 Å². The number of para-hydroxylation sites is 2. The summed E-state index contributed by atoms with van der Waals surface area (Å²) in [6.07, 6.45) is 0. The fourth-order valence-electron chi connectivity index (χ4n) is 2.47. The molecule has 0 fully saturated rings. The van der Waals surface area contributed by atoms with Crippen molar-refractivity contribution in [3.8, 4) is 17.1 Å². The lowest BCUT2D eigenvalue weighted by molar-refractivity contribution is 0.719. The first kappa shape index (κ1) is 11.0. The lowest BCUT2D eigenvalue weighted by atomic mass is 10.1. The molecule has 5 nitrogen and oxygen atoms in total. The van der Waals surface area contributed by atoms with Gasteiger partial charge in [0.2, 0.25) is 0 Å². The van der Waals surface area contributed by atoms with Crippen LogP contribution in [0.4, 0.5) is 5.69 Å². The van der Waals surface area contributed by atoms with Crippen molar-refractivity contribution in [2.45, 2.75) is 6.67 Å². The molecule has 1 aliphatic heterocycles. The van der Waals surface area contributed by atoms with Crippen molar-refractivity contribution in [2.24, 2.45) is 0 Å². The van der Waals surface area contributed by atoms with Crippen LogP contribution in [0.1, 0.15) is 0 Å². The summed E-state index contributed by atoms with van der Waals surface area (Å²) >= 11 is 0. The molecule has 2 aromatic carbocycles. The molecule has 4 rings (SSSR count). The normalized spacial score (nSPS) is 12.4. The Morgan fingerprint density at radius 1 is 1.00 bits per heavy atom. The molecule has 2 heterocycles. The maximum Gasteiger partial charge on any atom is 0.352 e. The predicted molar refractivity (Wildman–Crippen MR) is 76.9 cm³/mol. The van der Waals surface area contributed by atoms with Gasteiger partial charge in [-0.3, -0.25) is 4.57 Å². The molecule has 0 atom stereocenters. The van der Waals surface area contributed by atoms with Crippen LogP contribution < -0.4 is 11.0 Å². The first-order chi connectivity index (χ1) is 9.84. The maximum absolute atomic E-state index is 12.4. The second kappa shape index (κ2) is 4.09. The van der Waals surface area contributed by atoms with Crippen molar-refractivity contribution >= 4 is 5.69 Å². The van der Waals surface area contributed by atoms with Crippen LogP contribution in [-0.2, 0) is 6.67 Å². The monoisotopic (exact) mass is 264 g/mol. The van der Waals surface area contributed by atoms with Gasteiger partial charge in [-0.2, -0.15) is 4.68 Å². The highest BCUT2D eigenvalue weighted by Crippen LogP contribution is 2.29. The quantitative estimate of drug-likeness (QED) is 0.732. The Morgan fingerprint density at radius 3 is 2.60 bits per heavy atom. The summed E-state index contributed by atoms with van der Waals surface area (Å²) in [4.78, 5) is 12.4. The molecule has 0 amide bonds. The molecule has 1 N–H and O–H groups in total. The summed E-state index contributed by atoms with van der Waals surface area (Å²) in [6, 6.07) is 17.3. The first-order valence-corrected chi connectivity index (χ1v) is 6.43. The topological polar surface area (TPSA) is 51.9 Å². The smallest absolute Gasteiger partial charge is 0.352 e. The summed E-state index contributed by atoms with van der Waals surface area (Å²) < 4.78 is 3.09. The van der Waals surface area contributed by atoms with Crippen molar-refractivity contribution < 1.29 is 0 Å². The van der Waals surface area contributed by atoms with Gasteiger partial charge in [-0.25, -0.2) is 4.79 Å². The number of aromatic nitrogens is 3. The van der Waals surface area contributed by atoms with E-state index in [-0.39, 0.29) is 5.69 Å². The van der Waals surface area contributed by atoms with Crippen LogP contribution >= 0.6 is 0 Å².